The van der Waals surface area contributed by atoms with E-state index in [2.05, 4.69) is 4.90 Å². The van der Waals surface area contributed by atoms with Crippen molar-refractivity contribution in [3.8, 4) is 5.75 Å². The van der Waals surface area contributed by atoms with E-state index < -0.39 is 6.09 Å². The van der Waals surface area contributed by atoms with E-state index in [0.717, 1.165) is 5.69 Å². The third-order valence-corrected chi connectivity index (χ3v) is 3.52. The molecular weight excluding hydrogens is 246 g/mol. The summed E-state index contributed by atoms with van der Waals surface area (Å²) in [6.07, 6.45) is -0.889. The third-order valence-electron chi connectivity index (χ3n) is 3.52. The molecule has 0 bridgehead atoms. The summed E-state index contributed by atoms with van der Waals surface area (Å²) in [5, 5.41) is 18.8. The molecule has 2 rings (SSSR count). The maximum atomic E-state index is 11.2. The molecule has 1 heterocycles. The fourth-order valence-corrected chi connectivity index (χ4v) is 2.64. The van der Waals surface area contributed by atoms with Gasteiger partial charge in [-0.15, -0.1) is 0 Å². The molecule has 1 aromatic rings. The number of phenols is 1. The first-order valence-corrected chi connectivity index (χ1v) is 6.25. The molecule has 2 atom stereocenters. The maximum absolute atomic E-state index is 11.2. The topological polar surface area (TPSA) is 90.0 Å². The molecule has 1 saturated heterocycles. The highest BCUT2D eigenvalue weighted by molar-refractivity contribution is 5.67. The fraction of sp³-hybridized carbons (Fsp3) is 0.462. The van der Waals surface area contributed by atoms with Crippen LogP contribution in [0.1, 0.15) is 13.8 Å². The van der Waals surface area contributed by atoms with Crippen molar-refractivity contribution < 1.29 is 15.0 Å². The standard InChI is InChI=1S/C13H19N3O3/c1-8-6-15(7-9(2)16(8)13(18)19)10-3-4-11(14)12(17)5-10/h3-5,8-9,17H,6-7,14H2,1-2H3,(H,18,19). The fourth-order valence-electron chi connectivity index (χ4n) is 2.64. The van der Waals surface area contributed by atoms with Crippen molar-refractivity contribution in [3.63, 3.8) is 0 Å². The second kappa shape index (κ2) is 4.87. The molecule has 1 aromatic carbocycles. The van der Waals surface area contributed by atoms with Crippen LogP contribution in [-0.2, 0) is 0 Å². The molecule has 19 heavy (non-hydrogen) atoms. The van der Waals surface area contributed by atoms with E-state index in [0.29, 0.717) is 18.8 Å². The van der Waals surface area contributed by atoms with Crippen molar-refractivity contribution in [1.82, 2.24) is 4.90 Å². The van der Waals surface area contributed by atoms with Gasteiger partial charge in [-0.1, -0.05) is 0 Å². The minimum Gasteiger partial charge on any atom is -0.506 e. The van der Waals surface area contributed by atoms with E-state index in [-0.39, 0.29) is 17.8 Å². The zero-order valence-corrected chi connectivity index (χ0v) is 11.1. The van der Waals surface area contributed by atoms with Crippen LogP contribution in [0.2, 0.25) is 0 Å². The number of aromatic hydroxyl groups is 1. The van der Waals surface area contributed by atoms with Crippen LogP contribution >= 0.6 is 0 Å². The minimum atomic E-state index is -0.889. The number of carboxylic acid groups (broad SMARTS) is 1. The molecule has 1 fully saturated rings. The van der Waals surface area contributed by atoms with Gasteiger partial charge in [0.05, 0.1) is 17.8 Å². The van der Waals surface area contributed by atoms with Crippen molar-refractivity contribution in [2.75, 3.05) is 23.7 Å². The average Bonchev–Trinajstić information content (AvgIpc) is 2.31. The van der Waals surface area contributed by atoms with E-state index in [1.807, 2.05) is 19.9 Å². The number of benzene rings is 1. The van der Waals surface area contributed by atoms with Gasteiger partial charge in [-0.05, 0) is 26.0 Å². The van der Waals surface area contributed by atoms with Gasteiger partial charge in [-0.2, -0.15) is 0 Å². The third kappa shape index (κ3) is 2.52. The van der Waals surface area contributed by atoms with Crippen LogP contribution in [0.3, 0.4) is 0 Å². The lowest BCUT2D eigenvalue weighted by molar-refractivity contribution is 0.0982. The van der Waals surface area contributed by atoms with E-state index in [1.54, 1.807) is 12.1 Å². The summed E-state index contributed by atoms with van der Waals surface area (Å²) in [6.45, 7) is 4.96. The molecule has 1 aliphatic rings. The van der Waals surface area contributed by atoms with E-state index in [1.165, 1.54) is 4.90 Å². The SMILES string of the molecule is CC1CN(c2ccc(N)c(O)c2)CC(C)N1C(=O)O. The molecule has 0 aliphatic carbocycles. The largest absolute Gasteiger partial charge is 0.506 e. The van der Waals surface area contributed by atoms with Crippen molar-refractivity contribution in [2.24, 2.45) is 0 Å². The number of hydrogen-bond acceptors (Lipinski definition) is 4. The molecular formula is C13H19N3O3. The smallest absolute Gasteiger partial charge is 0.407 e. The van der Waals surface area contributed by atoms with Crippen molar-refractivity contribution in [1.29, 1.82) is 0 Å². The number of rotatable bonds is 1. The van der Waals surface area contributed by atoms with Crippen molar-refractivity contribution >= 4 is 17.5 Å². The number of nitrogen functional groups attached to an aromatic ring is 1. The molecule has 4 N–H and O–H groups in total. The number of nitrogens with two attached hydrogens (primary N) is 1. The Bertz CT molecular complexity index is 480. The Morgan fingerprint density at radius 3 is 2.37 bits per heavy atom. The molecule has 1 amide bonds. The molecule has 6 heteroatoms. The van der Waals surface area contributed by atoms with Crippen LogP contribution in [0.25, 0.3) is 0 Å². The molecule has 0 saturated carbocycles. The average molecular weight is 265 g/mol. The van der Waals surface area contributed by atoms with Crippen LogP contribution in [0.15, 0.2) is 18.2 Å². The van der Waals surface area contributed by atoms with Crippen molar-refractivity contribution in [3.05, 3.63) is 18.2 Å². The van der Waals surface area contributed by atoms with Gasteiger partial charge in [0.25, 0.3) is 0 Å². The highest BCUT2D eigenvalue weighted by Crippen LogP contribution is 2.29. The normalized spacial score (nSPS) is 23.5. The summed E-state index contributed by atoms with van der Waals surface area (Å²) >= 11 is 0. The van der Waals surface area contributed by atoms with Gasteiger partial charge in [0, 0.05) is 24.8 Å². The summed E-state index contributed by atoms with van der Waals surface area (Å²) < 4.78 is 0. The van der Waals surface area contributed by atoms with E-state index in [9.17, 15) is 9.90 Å². The minimum absolute atomic E-state index is 0.0541. The lowest BCUT2D eigenvalue weighted by Gasteiger charge is -2.43. The van der Waals surface area contributed by atoms with Crippen LogP contribution in [0.5, 0.6) is 5.75 Å². The highest BCUT2D eigenvalue weighted by Gasteiger charge is 2.32. The zero-order valence-electron chi connectivity index (χ0n) is 11.1. The summed E-state index contributed by atoms with van der Waals surface area (Å²) in [4.78, 5) is 14.7. The maximum Gasteiger partial charge on any atom is 0.407 e. The predicted octanol–water partition coefficient (Wildman–Crippen LogP) is 1.55. The number of hydrogen-bond donors (Lipinski definition) is 3. The van der Waals surface area contributed by atoms with E-state index >= 15 is 0 Å². The molecule has 0 aromatic heterocycles. The number of carbonyl (C=O) groups is 1. The Labute approximate surface area is 112 Å². The molecule has 0 spiro atoms. The van der Waals surface area contributed by atoms with Gasteiger partial charge in [0.2, 0.25) is 0 Å². The van der Waals surface area contributed by atoms with Crippen molar-refractivity contribution in [2.45, 2.75) is 25.9 Å². The quantitative estimate of drug-likeness (QED) is 0.529. The van der Waals surface area contributed by atoms with Gasteiger partial charge in [0.1, 0.15) is 5.75 Å². The van der Waals surface area contributed by atoms with Gasteiger partial charge >= 0.3 is 6.09 Å². The molecule has 0 radical (unpaired) electrons. The summed E-state index contributed by atoms with van der Waals surface area (Å²) in [5.74, 6) is 0.0541. The predicted molar refractivity (Wildman–Crippen MR) is 73.5 cm³/mol. The first-order chi connectivity index (χ1) is 8.90. The summed E-state index contributed by atoms with van der Waals surface area (Å²) in [5.41, 5.74) is 6.78. The Kier molecular flexibility index (Phi) is 3.42. The lowest BCUT2D eigenvalue weighted by atomic mass is 10.1. The van der Waals surface area contributed by atoms with Crippen LogP contribution in [0.4, 0.5) is 16.2 Å². The van der Waals surface area contributed by atoms with Crippen LogP contribution < -0.4 is 10.6 Å². The first kappa shape index (κ1) is 13.3. The number of phenolic OH excluding ortho intramolecular Hbond substituents is 1. The number of nitrogens with zero attached hydrogens (tertiary/aromatic N) is 2. The number of amides is 1. The van der Waals surface area contributed by atoms with Crippen LogP contribution in [0, 0.1) is 0 Å². The molecule has 6 nitrogen and oxygen atoms in total. The van der Waals surface area contributed by atoms with Crippen LogP contribution in [-0.4, -0.2) is 46.4 Å². The number of piperazine rings is 1. The van der Waals surface area contributed by atoms with Gasteiger partial charge < -0.3 is 20.8 Å². The van der Waals surface area contributed by atoms with Gasteiger partial charge in [-0.25, -0.2) is 4.79 Å². The lowest BCUT2D eigenvalue weighted by Crippen LogP contribution is -2.58. The number of anilines is 2. The summed E-state index contributed by atoms with van der Waals surface area (Å²) in [7, 11) is 0. The summed E-state index contributed by atoms with van der Waals surface area (Å²) in [6, 6.07) is 4.92. The van der Waals surface area contributed by atoms with E-state index in [4.69, 9.17) is 10.8 Å². The highest BCUT2D eigenvalue weighted by atomic mass is 16.4. The monoisotopic (exact) mass is 265 g/mol. The first-order valence-electron chi connectivity index (χ1n) is 6.25. The Balaban J connectivity index is 2.20. The molecule has 2 unspecified atom stereocenters. The zero-order chi connectivity index (χ0) is 14.2. The van der Waals surface area contributed by atoms with Gasteiger partial charge in [-0.3, -0.25) is 4.90 Å². The Hall–Kier alpha value is -2.11. The van der Waals surface area contributed by atoms with Gasteiger partial charge in [0.15, 0.2) is 0 Å². The molecule has 104 valence electrons. The second-order valence-electron chi connectivity index (χ2n) is 5.04. The second-order valence-corrected chi connectivity index (χ2v) is 5.04. The Morgan fingerprint density at radius 1 is 1.32 bits per heavy atom. The Morgan fingerprint density at radius 2 is 1.89 bits per heavy atom. The molecule has 1 aliphatic heterocycles.